The molecule has 31 heavy (non-hydrogen) atoms. The molecule has 0 saturated carbocycles. The van der Waals surface area contributed by atoms with Gasteiger partial charge in [0.15, 0.2) is 0 Å². The van der Waals surface area contributed by atoms with Crippen molar-refractivity contribution in [2.45, 2.75) is 22.5 Å². The summed E-state index contributed by atoms with van der Waals surface area (Å²) in [6.07, 6.45) is -4.63. The second-order valence-electron chi connectivity index (χ2n) is 6.84. The van der Waals surface area contributed by atoms with Crippen LogP contribution >= 0.6 is 23.4 Å². The Labute approximate surface area is 185 Å². The summed E-state index contributed by atoms with van der Waals surface area (Å²) in [6, 6.07) is 19.4. The van der Waals surface area contributed by atoms with Gasteiger partial charge >= 0.3 is 12.1 Å². The van der Waals surface area contributed by atoms with Crippen LogP contribution in [0.25, 0.3) is 10.9 Å². The molecule has 0 radical (unpaired) electrons. The minimum absolute atomic E-state index is 0.00891. The molecular weight excluding hydrogens is 447 g/mol. The molecule has 0 bridgehead atoms. The van der Waals surface area contributed by atoms with Gasteiger partial charge in [0, 0.05) is 21.8 Å². The van der Waals surface area contributed by atoms with Gasteiger partial charge in [-0.05, 0) is 35.9 Å². The van der Waals surface area contributed by atoms with Gasteiger partial charge in [0.05, 0.1) is 16.0 Å². The van der Waals surface area contributed by atoms with E-state index < -0.39 is 17.8 Å². The van der Waals surface area contributed by atoms with Crippen LogP contribution in [0, 0.1) is 0 Å². The standard InChI is InChI=1S/C23H15ClF3NO2S/c24-16-9-10-18-19(12-16)28(13-14-5-2-1-3-6-14)21(23(25,26)27)20(18)31-17-8-4-7-15(11-17)22(29)30/h1-12H,13H2,(H,29,30). The van der Waals surface area contributed by atoms with Crippen LogP contribution in [-0.2, 0) is 12.7 Å². The maximum atomic E-state index is 14.3. The molecule has 8 heteroatoms. The fourth-order valence-electron chi connectivity index (χ4n) is 3.42. The van der Waals surface area contributed by atoms with E-state index in [4.69, 9.17) is 11.6 Å². The van der Waals surface area contributed by atoms with Crippen molar-refractivity contribution in [3.63, 3.8) is 0 Å². The van der Waals surface area contributed by atoms with Crippen molar-refractivity contribution in [3.8, 4) is 0 Å². The van der Waals surface area contributed by atoms with Crippen LogP contribution in [0.5, 0.6) is 0 Å². The fourth-order valence-corrected chi connectivity index (χ4v) is 4.76. The second-order valence-corrected chi connectivity index (χ2v) is 8.36. The van der Waals surface area contributed by atoms with E-state index in [0.717, 1.165) is 11.8 Å². The quantitative estimate of drug-likeness (QED) is 0.341. The van der Waals surface area contributed by atoms with Crippen LogP contribution in [0.3, 0.4) is 0 Å². The number of nitrogens with zero attached hydrogens (tertiary/aromatic N) is 1. The molecule has 4 rings (SSSR count). The first kappa shape index (κ1) is 21.3. The third kappa shape index (κ3) is 4.43. The number of rotatable bonds is 5. The lowest BCUT2D eigenvalue weighted by Crippen LogP contribution is -2.15. The summed E-state index contributed by atoms with van der Waals surface area (Å²) in [5.41, 5.74) is 0.295. The van der Waals surface area contributed by atoms with E-state index >= 15 is 0 Å². The number of aromatic nitrogens is 1. The molecule has 1 heterocycles. The van der Waals surface area contributed by atoms with Crippen LogP contribution in [0.2, 0.25) is 5.02 Å². The third-order valence-electron chi connectivity index (χ3n) is 4.73. The minimum atomic E-state index is -4.63. The Kier molecular flexibility index (Phi) is 5.73. The Morgan fingerprint density at radius 2 is 1.74 bits per heavy atom. The average molecular weight is 462 g/mol. The molecule has 0 fully saturated rings. The minimum Gasteiger partial charge on any atom is -0.478 e. The molecule has 3 aromatic carbocycles. The molecule has 0 unspecified atom stereocenters. The SMILES string of the molecule is O=C(O)c1cccc(Sc2c(C(F)(F)F)n(Cc3ccccc3)c3cc(Cl)ccc23)c1. The lowest BCUT2D eigenvalue weighted by atomic mass is 10.2. The number of aromatic carboxylic acids is 1. The summed E-state index contributed by atoms with van der Waals surface area (Å²) in [7, 11) is 0. The lowest BCUT2D eigenvalue weighted by Gasteiger charge is -2.15. The smallest absolute Gasteiger partial charge is 0.432 e. The van der Waals surface area contributed by atoms with Gasteiger partial charge in [0.1, 0.15) is 5.69 Å². The maximum absolute atomic E-state index is 14.3. The van der Waals surface area contributed by atoms with E-state index in [1.807, 2.05) is 0 Å². The zero-order valence-corrected chi connectivity index (χ0v) is 17.4. The van der Waals surface area contributed by atoms with E-state index in [9.17, 15) is 23.1 Å². The number of hydrogen-bond acceptors (Lipinski definition) is 2. The van der Waals surface area contributed by atoms with E-state index in [-0.39, 0.29) is 17.0 Å². The molecule has 3 nitrogen and oxygen atoms in total. The highest BCUT2D eigenvalue weighted by molar-refractivity contribution is 7.99. The molecule has 0 atom stereocenters. The molecule has 4 aromatic rings. The first-order valence-electron chi connectivity index (χ1n) is 9.18. The molecular formula is C23H15ClF3NO2S. The Hall–Kier alpha value is -2.90. The molecule has 0 saturated heterocycles. The summed E-state index contributed by atoms with van der Waals surface area (Å²) in [4.78, 5) is 11.7. The topological polar surface area (TPSA) is 42.2 Å². The number of carboxylic acids is 1. The molecule has 1 N–H and O–H groups in total. The highest BCUT2D eigenvalue weighted by Crippen LogP contribution is 2.46. The van der Waals surface area contributed by atoms with Crippen molar-refractivity contribution in [1.82, 2.24) is 4.57 Å². The summed E-state index contributed by atoms with van der Waals surface area (Å²) < 4.78 is 44.1. The summed E-state index contributed by atoms with van der Waals surface area (Å²) in [5, 5.41) is 9.95. The second kappa shape index (κ2) is 8.32. The van der Waals surface area contributed by atoms with E-state index in [1.165, 1.54) is 28.8 Å². The maximum Gasteiger partial charge on any atom is 0.432 e. The molecule has 0 spiro atoms. The summed E-state index contributed by atoms with van der Waals surface area (Å²) >= 11 is 7.01. The number of benzene rings is 3. The van der Waals surface area contributed by atoms with Gasteiger partial charge in [-0.2, -0.15) is 13.2 Å². The van der Waals surface area contributed by atoms with Crippen LogP contribution in [0.15, 0.2) is 82.6 Å². The molecule has 0 aliphatic carbocycles. The predicted octanol–water partition coefficient (Wildman–Crippen LogP) is 7.21. The Morgan fingerprint density at radius 3 is 2.42 bits per heavy atom. The zero-order chi connectivity index (χ0) is 22.2. The number of alkyl halides is 3. The summed E-state index contributed by atoms with van der Waals surface area (Å²) in [5.74, 6) is -1.14. The van der Waals surface area contributed by atoms with Crippen molar-refractivity contribution in [2.24, 2.45) is 0 Å². The third-order valence-corrected chi connectivity index (χ3v) is 6.08. The molecule has 0 aliphatic heterocycles. The zero-order valence-electron chi connectivity index (χ0n) is 15.9. The molecule has 158 valence electrons. The van der Waals surface area contributed by atoms with Crippen LogP contribution in [0.1, 0.15) is 21.6 Å². The fraction of sp³-hybridized carbons (Fsp3) is 0.0870. The van der Waals surface area contributed by atoms with Crippen LogP contribution in [-0.4, -0.2) is 15.6 Å². The van der Waals surface area contributed by atoms with Gasteiger partial charge < -0.3 is 9.67 Å². The molecule has 1 aromatic heterocycles. The van der Waals surface area contributed by atoms with E-state index in [0.29, 0.717) is 26.4 Å². The largest absolute Gasteiger partial charge is 0.478 e. The Bertz CT molecular complexity index is 1270. The van der Waals surface area contributed by atoms with Crippen molar-refractivity contribution >= 4 is 40.2 Å². The van der Waals surface area contributed by atoms with Crippen LogP contribution in [0.4, 0.5) is 13.2 Å². The van der Waals surface area contributed by atoms with Gasteiger partial charge in [-0.25, -0.2) is 4.79 Å². The number of carbonyl (C=O) groups is 1. The highest BCUT2D eigenvalue weighted by atomic mass is 35.5. The van der Waals surface area contributed by atoms with E-state index in [1.54, 1.807) is 48.5 Å². The number of carboxylic acid groups (broad SMARTS) is 1. The monoisotopic (exact) mass is 461 g/mol. The van der Waals surface area contributed by atoms with E-state index in [2.05, 4.69) is 0 Å². The van der Waals surface area contributed by atoms with Gasteiger partial charge in [-0.15, -0.1) is 0 Å². The Morgan fingerprint density at radius 1 is 1.00 bits per heavy atom. The van der Waals surface area contributed by atoms with Gasteiger partial charge in [-0.3, -0.25) is 0 Å². The predicted molar refractivity (Wildman–Crippen MR) is 115 cm³/mol. The number of halogens is 4. The molecule has 0 aliphatic rings. The average Bonchev–Trinajstić information content (AvgIpc) is 3.01. The van der Waals surface area contributed by atoms with Crippen molar-refractivity contribution in [3.05, 3.63) is 94.6 Å². The van der Waals surface area contributed by atoms with Crippen LogP contribution < -0.4 is 0 Å². The van der Waals surface area contributed by atoms with Crippen molar-refractivity contribution in [1.29, 1.82) is 0 Å². The van der Waals surface area contributed by atoms with Gasteiger partial charge in [-0.1, -0.05) is 65.8 Å². The van der Waals surface area contributed by atoms with Gasteiger partial charge in [0.2, 0.25) is 0 Å². The lowest BCUT2D eigenvalue weighted by molar-refractivity contribution is -0.145. The highest BCUT2D eigenvalue weighted by Gasteiger charge is 2.39. The first-order valence-corrected chi connectivity index (χ1v) is 10.4. The van der Waals surface area contributed by atoms with Crippen molar-refractivity contribution < 1.29 is 23.1 Å². The summed E-state index contributed by atoms with van der Waals surface area (Å²) in [6.45, 7) is 0.0161. The molecule has 0 amide bonds. The van der Waals surface area contributed by atoms with Crippen molar-refractivity contribution in [2.75, 3.05) is 0 Å². The number of hydrogen-bond donors (Lipinski definition) is 1. The normalized spacial score (nSPS) is 11.7. The first-order chi connectivity index (χ1) is 14.7. The Balaban J connectivity index is 1.94. The number of fused-ring (bicyclic) bond motifs is 1. The van der Waals surface area contributed by atoms with Gasteiger partial charge in [0.25, 0.3) is 0 Å².